The number of hydrogen-bond donors (Lipinski definition) is 0. The molecule has 4 heteroatoms. The maximum absolute atomic E-state index is 11.7. The first-order valence-electron chi connectivity index (χ1n) is 4.93. The van der Waals surface area contributed by atoms with Crippen LogP contribution in [0.4, 0.5) is 0 Å². The lowest BCUT2D eigenvalue weighted by molar-refractivity contribution is 0.0848. The van der Waals surface area contributed by atoms with Crippen LogP contribution in [0.2, 0.25) is 0 Å². The fourth-order valence-electron chi connectivity index (χ4n) is 2.37. The second kappa shape index (κ2) is 2.70. The van der Waals surface area contributed by atoms with Gasteiger partial charge in [0.1, 0.15) is 0 Å². The van der Waals surface area contributed by atoms with E-state index in [1.807, 2.05) is 0 Å². The van der Waals surface area contributed by atoms with Crippen LogP contribution >= 0.6 is 0 Å². The van der Waals surface area contributed by atoms with Crippen LogP contribution in [-0.4, -0.2) is 42.9 Å². The number of nitrogens with zero attached hydrogens (tertiary/aromatic N) is 1. The average Bonchev–Trinajstić information content (AvgIpc) is 2.20. The molecule has 0 atom stereocenters. The lowest BCUT2D eigenvalue weighted by Gasteiger charge is -2.49. The highest BCUT2D eigenvalue weighted by molar-refractivity contribution is 7.93. The Hall–Kier alpha value is -0.0900. The summed E-state index contributed by atoms with van der Waals surface area (Å²) in [4.78, 5) is 2.24. The Balaban J connectivity index is 2.12. The highest BCUT2D eigenvalue weighted by Crippen LogP contribution is 2.40. The molecule has 0 saturated carbocycles. The van der Waals surface area contributed by atoms with Crippen molar-refractivity contribution >= 4 is 9.84 Å². The SMILES string of the molecule is CC(C)N1CC2(CCCS2(=O)=O)C1. The van der Waals surface area contributed by atoms with Gasteiger partial charge in [-0.2, -0.15) is 0 Å². The van der Waals surface area contributed by atoms with Crippen LogP contribution in [0.3, 0.4) is 0 Å². The first-order valence-corrected chi connectivity index (χ1v) is 6.58. The van der Waals surface area contributed by atoms with E-state index in [2.05, 4.69) is 18.7 Å². The normalized spacial score (nSPS) is 31.0. The summed E-state index contributed by atoms with van der Waals surface area (Å²) < 4.78 is 23.1. The average molecular weight is 203 g/mol. The maximum atomic E-state index is 11.7. The molecule has 1 spiro atoms. The van der Waals surface area contributed by atoms with Crippen molar-refractivity contribution in [1.82, 2.24) is 4.90 Å². The number of likely N-dealkylation sites (tertiary alicyclic amines) is 1. The van der Waals surface area contributed by atoms with Gasteiger partial charge in [0, 0.05) is 19.1 Å². The molecule has 0 aliphatic carbocycles. The van der Waals surface area contributed by atoms with Crippen LogP contribution in [-0.2, 0) is 9.84 Å². The van der Waals surface area contributed by atoms with Crippen molar-refractivity contribution in [3.05, 3.63) is 0 Å². The second-order valence-electron chi connectivity index (χ2n) is 4.60. The Kier molecular flexibility index (Phi) is 1.97. The summed E-state index contributed by atoms with van der Waals surface area (Å²) in [6, 6.07) is 0.487. The molecule has 2 heterocycles. The largest absolute Gasteiger partial charge is 0.298 e. The zero-order valence-corrected chi connectivity index (χ0v) is 9.10. The van der Waals surface area contributed by atoms with E-state index >= 15 is 0 Å². The molecule has 2 rings (SSSR count). The second-order valence-corrected chi connectivity index (χ2v) is 7.11. The van der Waals surface area contributed by atoms with Gasteiger partial charge in [-0.05, 0) is 26.7 Å². The summed E-state index contributed by atoms with van der Waals surface area (Å²) >= 11 is 0. The molecule has 0 aromatic carbocycles. The first kappa shape index (κ1) is 9.46. The van der Waals surface area contributed by atoms with E-state index in [0.29, 0.717) is 11.8 Å². The van der Waals surface area contributed by atoms with Gasteiger partial charge in [0.15, 0.2) is 9.84 Å². The predicted molar refractivity (Wildman–Crippen MR) is 52.5 cm³/mol. The Morgan fingerprint density at radius 2 is 1.92 bits per heavy atom. The molecular weight excluding hydrogens is 186 g/mol. The van der Waals surface area contributed by atoms with E-state index in [0.717, 1.165) is 25.9 Å². The fraction of sp³-hybridized carbons (Fsp3) is 1.00. The molecule has 0 bridgehead atoms. The standard InChI is InChI=1S/C9H17NO2S/c1-8(2)10-6-9(7-10)4-3-5-13(9,11)12/h8H,3-7H2,1-2H3. The highest BCUT2D eigenvalue weighted by atomic mass is 32.2. The summed E-state index contributed by atoms with van der Waals surface area (Å²) in [5, 5.41) is 0. The van der Waals surface area contributed by atoms with Crippen molar-refractivity contribution < 1.29 is 8.42 Å². The van der Waals surface area contributed by atoms with Crippen molar-refractivity contribution in [3.8, 4) is 0 Å². The lowest BCUT2D eigenvalue weighted by Crippen LogP contribution is -2.65. The third kappa shape index (κ3) is 1.22. The van der Waals surface area contributed by atoms with E-state index in [-0.39, 0.29) is 4.75 Å². The lowest BCUT2D eigenvalue weighted by atomic mass is 9.93. The third-order valence-electron chi connectivity index (χ3n) is 3.42. The number of rotatable bonds is 1. The molecule has 0 radical (unpaired) electrons. The number of hydrogen-bond acceptors (Lipinski definition) is 3. The van der Waals surface area contributed by atoms with E-state index in [1.165, 1.54) is 0 Å². The Labute approximate surface area is 80.0 Å². The van der Waals surface area contributed by atoms with Crippen molar-refractivity contribution in [2.75, 3.05) is 18.8 Å². The third-order valence-corrected chi connectivity index (χ3v) is 6.03. The van der Waals surface area contributed by atoms with Crippen LogP contribution in [0.1, 0.15) is 26.7 Å². The highest BCUT2D eigenvalue weighted by Gasteiger charge is 2.55. The molecule has 2 aliphatic rings. The quantitative estimate of drug-likeness (QED) is 0.628. The summed E-state index contributed by atoms with van der Waals surface area (Å²) in [7, 11) is -2.76. The van der Waals surface area contributed by atoms with E-state index in [9.17, 15) is 8.42 Å². The monoisotopic (exact) mass is 203 g/mol. The van der Waals surface area contributed by atoms with Crippen molar-refractivity contribution in [1.29, 1.82) is 0 Å². The van der Waals surface area contributed by atoms with Crippen LogP contribution in [0, 0.1) is 0 Å². The van der Waals surface area contributed by atoms with Crippen LogP contribution in [0.15, 0.2) is 0 Å². The maximum Gasteiger partial charge on any atom is 0.158 e. The van der Waals surface area contributed by atoms with Crippen LogP contribution in [0.5, 0.6) is 0 Å². The minimum atomic E-state index is -2.76. The molecule has 13 heavy (non-hydrogen) atoms. The Morgan fingerprint density at radius 1 is 1.31 bits per heavy atom. The van der Waals surface area contributed by atoms with Gasteiger partial charge in [-0.25, -0.2) is 8.42 Å². The van der Waals surface area contributed by atoms with Gasteiger partial charge >= 0.3 is 0 Å². The molecule has 3 nitrogen and oxygen atoms in total. The van der Waals surface area contributed by atoms with Gasteiger partial charge in [0.25, 0.3) is 0 Å². The molecule has 0 N–H and O–H groups in total. The number of sulfone groups is 1. The van der Waals surface area contributed by atoms with Gasteiger partial charge in [0.05, 0.1) is 10.5 Å². The topological polar surface area (TPSA) is 37.4 Å². The zero-order valence-electron chi connectivity index (χ0n) is 8.28. The molecule has 0 amide bonds. The predicted octanol–water partition coefficient (Wildman–Crippen LogP) is 0.658. The summed E-state index contributed by atoms with van der Waals surface area (Å²) in [5.41, 5.74) is 0. The summed E-state index contributed by atoms with van der Waals surface area (Å²) in [6.07, 6.45) is 1.76. The van der Waals surface area contributed by atoms with Gasteiger partial charge in [-0.15, -0.1) is 0 Å². The minimum Gasteiger partial charge on any atom is -0.298 e. The van der Waals surface area contributed by atoms with E-state index in [4.69, 9.17) is 0 Å². The summed E-state index contributed by atoms with van der Waals surface area (Å²) in [6.45, 7) is 5.78. The molecule has 2 aliphatic heterocycles. The molecule has 0 unspecified atom stereocenters. The van der Waals surface area contributed by atoms with Gasteiger partial charge < -0.3 is 0 Å². The summed E-state index contributed by atoms with van der Waals surface area (Å²) in [5.74, 6) is 0.416. The van der Waals surface area contributed by atoms with Crippen molar-refractivity contribution in [2.45, 2.75) is 37.5 Å². The van der Waals surface area contributed by atoms with E-state index in [1.54, 1.807) is 0 Å². The van der Waals surface area contributed by atoms with Crippen LogP contribution in [0.25, 0.3) is 0 Å². The van der Waals surface area contributed by atoms with Gasteiger partial charge in [-0.3, -0.25) is 4.90 Å². The smallest absolute Gasteiger partial charge is 0.158 e. The molecule has 0 aromatic heterocycles. The molecule has 76 valence electrons. The zero-order chi connectivity index (χ0) is 9.69. The Morgan fingerprint density at radius 3 is 2.31 bits per heavy atom. The molecule has 2 saturated heterocycles. The van der Waals surface area contributed by atoms with Gasteiger partial charge in [0.2, 0.25) is 0 Å². The van der Waals surface area contributed by atoms with E-state index < -0.39 is 9.84 Å². The fourth-order valence-corrected chi connectivity index (χ4v) is 4.51. The van der Waals surface area contributed by atoms with Crippen LogP contribution < -0.4 is 0 Å². The van der Waals surface area contributed by atoms with Gasteiger partial charge in [-0.1, -0.05) is 0 Å². The molecule has 2 fully saturated rings. The van der Waals surface area contributed by atoms with Crippen molar-refractivity contribution in [2.24, 2.45) is 0 Å². The van der Waals surface area contributed by atoms with Crippen molar-refractivity contribution in [3.63, 3.8) is 0 Å². The molecule has 0 aromatic rings. The minimum absolute atomic E-state index is 0.336. The molecular formula is C9H17NO2S. The Bertz CT molecular complexity index is 302. The first-order chi connectivity index (χ1) is 5.97.